The van der Waals surface area contributed by atoms with E-state index in [0.717, 1.165) is 25.7 Å². The molecule has 1 fully saturated rings. The van der Waals surface area contributed by atoms with E-state index in [9.17, 15) is 0 Å². The van der Waals surface area contributed by atoms with Crippen molar-refractivity contribution in [2.24, 2.45) is 5.92 Å². The van der Waals surface area contributed by atoms with Crippen LogP contribution >= 0.6 is 0 Å². The quantitative estimate of drug-likeness (QED) is 0.806. The summed E-state index contributed by atoms with van der Waals surface area (Å²) in [6.45, 7) is 9.19. The predicted molar refractivity (Wildman–Crippen MR) is 85.1 cm³/mol. The number of benzene rings is 1. The van der Waals surface area contributed by atoms with Crippen molar-refractivity contribution in [3.8, 4) is 0 Å². The molecule has 1 aliphatic carbocycles. The van der Waals surface area contributed by atoms with E-state index in [1.807, 2.05) is 0 Å². The third-order valence-electron chi connectivity index (χ3n) is 4.21. The molecule has 0 spiro atoms. The minimum absolute atomic E-state index is 0.319. The largest absolute Gasteiger partial charge is 0.379 e. The lowest BCUT2D eigenvalue weighted by molar-refractivity contribution is 0.0831. The molecule has 1 atom stereocenters. The first kappa shape index (κ1) is 15.5. The Hall–Kier alpha value is -0.860. The van der Waals surface area contributed by atoms with Crippen molar-refractivity contribution in [1.29, 1.82) is 0 Å². The van der Waals surface area contributed by atoms with Gasteiger partial charge in [-0.2, -0.15) is 0 Å². The van der Waals surface area contributed by atoms with Gasteiger partial charge in [0.1, 0.15) is 0 Å². The molecule has 0 heterocycles. The van der Waals surface area contributed by atoms with Crippen LogP contribution in [0.2, 0.25) is 0 Å². The number of ether oxygens (including phenoxy) is 1. The van der Waals surface area contributed by atoms with Crippen LogP contribution in [0.15, 0.2) is 18.2 Å². The van der Waals surface area contributed by atoms with Gasteiger partial charge in [-0.1, -0.05) is 49.1 Å². The molecule has 0 aromatic heterocycles. The molecule has 1 saturated carbocycles. The van der Waals surface area contributed by atoms with Gasteiger partial charge in [-0.15, -0.1) is 0 Å². The molecule has 1 aromatic carbocycles. The highest BCUT2D eigenvalue weighted by atomic mass is 16.5. The zero-order valence-electron chi connectivity index (χ0n) is 13.2. The second-order valence-electron chi connectivity index (χ2n) is 6.22. The van der Waals surface area contributed by atoms with E-state index in [4.69, 9.17) is 4.74 Å². The van der Waals surface area contributed by atoms with Crippen LogP contribution in [-0.4, -0.2) is 19.8 Å². The van der Waals surface area contributed by atoms with Gasteiger partial charge in [-0.25, -0.2) is 0 Å². The highest BCUT2D eigenvalue weighted by molar-refractivity contribution is 5.30. The molecule has 1 unspecified atom stereocenters. The van der Waals surface area contributed by atoms with Crippen LogP contribution in [0.25, 0.3) is 0 Å². The van der Waals surface area contributed by atoms with E-state index in [1.54, 1.807) is 0 Å². The highest BCUT2D eigenvalue weighted by Crippen LogP contribution is 2.25. The first-order valence-electron chi connectivity index (χ1n) is 8.08. The average molecular weight is 275 g/mol. The van der Waals surface area contributed by atoms with Crippen LogP contribution in [-0.2, 0) is 4.74 Å². The van der Waals surface area contributed by atoms with E-state index in [0.29, 0.717) is 6.04 Å². The van der Waals surface area contributed by atoms with Gasteiger partial charge in [0.15, 0.2) is 0 Å². The zero-order valence-corrected chi connectivity index (χ0v) is 13.2. The fraction of sp³-hybridized carbons (Fsp3) is 0.667. The second kappa shape index (κ2) is 7.80. The number of aryl methyl sites for hydroxylation is 2. The van der Waals surface area contributed by atoms with Crippen LogP contribution in [0, 0.1) is 19.8 Å². The lowest BCUT2D eigenvalue weighted by atomic mass is 10.0. The molecule has 0 amide bonds. The monoisotopic (exact) mass is 275 g/mol. The van der Waals surface area contributed by atoms with E-state index < -0.39 is 0 Å². The van der Waals surface area contributed by atoms with E-state index in [1.165, 1.54) is 42.4 Å². The second-order valence-corrected chi connectivity index (χ2v) is 6.22. The molecule has 112 valence electrons. The van der Waals surface area contributed by atoms with Crippen molar-refractivity contribution in [3.63, 3.8) is 0 Å². The Morgan fingerprint density at radius 2 is 1.80 bits per heavy atom. The maximum absolute atomic E-state index is 6.00. The summed E-state index contributed by atoms with van der Waals surface area (Å²) >= 11 is 0. The van der Waals surface area contributed by atoms with Crippen molar-refractivity contribution < 1.29 is 4.74 Å². The topological polar surface area (TPSA) is 21.3 Å². The number of hydrogen-bond acceptors (Lipinski definition) is 2. The summed E-state index contributed by atoms with van der Waals surface area (Å²) in [5, 5.41) is 3.55. The number of nitrogens with one attached hydrogen (secondary N) is 1. The summed E-state index contributed by atoms with van der Waals surface area (Å²) in [5.41, 5.74) is 4.02. The number of rotatable bonds is 7. The molecular weight excluding hydrogens is 246 g/mol. The van der Waals surface area contributed by atoms with Crippen LogP contribution in [0.5, 0.6) is 0 Å². The van der Waals surface area contributed by atoms with Gasteiger partial charge < -0.3 is 10.1 Å². The van der Waals surface area contributed by atoms with Crippen molar-refractivity contribution in [2.45, 2.75) is 52.5 Å². The third-order valence-corrected chi connectivity index (χ3v) is 4.21. The molecule has 1 N–H and O–H groups in total. The molecule has 0 bridgehead atoms. The normalized spacial score (nSPS) is 17.6. The summed E-state index contributed by atoms with van der Waals surface area (Å²) in [5.74, 6) is 0.802. The molecule has 1 aromatic rings. The summed E-state index contributed by atoms with van der Waals surface area (Å²) in [4.78, 5) is 0. The Morgan fingerprint density at radius 3 is 2.40 bits per heavy atom. The molecule has 0 aliphatic heterocycles. The smallest absolute Gasteiger partial charge is 0.0661 e. The van der Waals surface area contributed by atoms with Crippen molar-refractivity contribution in [2.75, 3.05) is 19.8 Å². The van der Waals surface area contributed by atoms with Gasteiger partial charge in [0.25, 0.3) is 0 Å². The van der Waals surface area contributed by atoms with Gasteiger partial charge in [-0.3, -0.25) is 0 Å². The third kappa shape index (κ3) is 4.60. The van der Waals surface area contributed by atoms with E-state index in [-0.39, 0.29) is 0 Å². The molecule has 2 heteroatoms. The molecule has 2 nitrogen and oxygen atoms in total. The molecular formula is C18H29NO. The fourth-order valence-electron chi connectivity index (χ4n) is 3.26. The molecule has 0 saturated heterocycles. The maximum Gasteiger partial charge on any atom is 0.0661 e. The maximum atomic E-state index is 6.00. The summed E-state index contributed by atoms with van der Waals surface area (Å²) in [6.07, 6.45) is 5.49. The first-order valence-corrected chi connectivity index (χ1v) is 8.08. The molecule has 2 rings (SSSR count). The van der Waals surface area contributed by atoms with Crippen LogP contribution in [0.1, 0.15) is 55.3 Å². The van der Waals surface area contributed by atoms with Gasteiger partial charge in [0, 0.05) is 6.61 Å². The number of likely N-dealkylation sites (N-methyl/N-ethyl adjacent to an activating group) is 1. The van der Waals surface area contributed by atoms with Crippen LogP contribution in [0.3, 0.4) is 0 Å². The molecule has 0 radical (unpaired) electrons. The number of hydrogen-bond donors (Lipinski definition) is 1. The Kier molecular flexibility index (Phi) is 6.06. The van der Waals surface area contributed by atoms with Crippen LogP contribution in [0.4, 0.5) is 0 Å². The first-order chi connectivity index (χ1) is 9.69. The standard InChI is InChI=1S/C18H29NO/c1-4-19-18(13-20-12-16-7-5-6-8-16)17-10-14(2)9-15(3)11-17/h9-11,16,18-19H,4-8,12-13H2,1-3H3. The van der Waals surface area contributed by atoms with Crippen molar-refractivity contribution in [1.82, 2.24) is 5.32 Å². The van der Waals surface area contributed by atoms with Crippen molar-refractivity contribution in [3.05, 3.63) is 34.9 Å². The Bertz CT molecular complexity index is 390. The summed E-state index contributed by atoms with van der Waals surface area (Å²) in [6, 6.07) is 7.10. The zero-order chi connectivity index (χ0) is 14.4. The molecule has 1 aliphatic rings. The van der Waals surface area contributed by atoms with Gasteiger partial charge >= 0.3 is 0 Å². The lowest BCUT2D eigenvalue weighted by Gasteiger charge is -2.20. The SMILES string of the molecule is CCNC(COCC1CCCC1)c1cc(C)cc(C)c1. The van der Waals surface area contributed by atoms with Gasteiger partial charge in [0.05, 0.1) is 12.6 Å². The fourth-order valence-corrected chi connectivity index (χ4v) is 3.26. The Morgan fingerprint density at radius 1 is 1.15 bits per heavy atom. The highest BCUT2D eigenvalue weighted by Gasteiger charge is 2.17. The summed E-state index contributed by atoms with van der Waals surface area (Å²) < 4.78 is 6.00. The summed E-state index contributed by atoms with van der Waals surface area (Å²) in [7, 11) is 0. The van der Waals surface area contributed by atoms with Crippen molar-refractivity contribution >= 4 is 0 Å². The van der Waals surface area contributed by atoms with Gasteiger partial charge in [-0.05, 0) is 44.7 Å². The minimum Gasteiger partial charge on any atom is -0.379 e. The lowest BCUT2D eigenvalue weighted by Crippen LogP contribution is -2.26. The van der Waals surface area contributed by atoms with E-state index >= 15 is 0 Å². The Balaban J connectivity index is 1.91. The minimum atomic E-state index is 0.319. The van der Waals surface area contributed by atoms with Gasteiger partial charge in [0.2, 0.25) is 0 Å². The average Bonchev–Trinajstić information content (AvgIpc) is 2.89. The van der Waals surface area contributed by atoms with E-state index in [2.05, 4.69) is 44.3 Å². The Labute approximate surface area is 123 Å². The van der Waals surface area contributed by atoms with Crippen LogP contribution < -0.4 is 5.32 Å². The predicted octanol–water partition coefficient (Wildman–Crippen LogP) is 4.16. The molecule has 20 heavy (non-hydrogen) atoms.